The lowest BCUT2D eigenvalue weighted by atomic mass is 9.86. The highest BCUT2D eigenvalue weighted by atomic mass is 79.9. The molecule has 0 aromatic heterocycles. The fourth-order valence-electron chi connectivity index (χ4n) is 4.70. The smallest absolute Gasteiger partial charge is 0.175 e. The van der Waals surface area contributed by atoms with Crippen LogP contribution in [0.5, 0.6) is 23.0 Å². The van der Waals surface area contributed by atoms with Gasteiger partial charge in [-0.15, -0.1) is 0 Å². The molecule has 0 amide bonds. The van der Waals surface area contributed by atoms with Crippen LogP contribution >= 0.6 is 15.9 Å². The van der Waals surface area contributed by atoms with E-state index in [1.165, 1.54) is 5.56 Å². The van der Waals surface area contributed by atoms with E-state index in [-0.39, 0.29) is 6.04 Å². The van der Waals surface area contributed by atoms with Crippen molar-refractivity contribution in [2.75, 3.05) is 35.0 Å². The van der Waals surface area contributed by atoms with Crippen LogP contribution in [0.4, 0.5) is 0 Å². The Bertz CT molecular complexity index is 1140. The lowest BCUT2D eigenvalue weighted by molar-refractivity contribution is 0.0350. The minimum absolute atomic E-state index is 0.307. The second-order valence-corrected chi connectivity index (χ2v) is 9.00. The van der Waals surface area contributed by atoms with Gasteiger partial charge in [0, 0.05) is 18.7 Å². The minimum atomic E-state index is -0.838. The standard InChI is InChI=1S/C27H30BrNO5/c1-31-21-11-10-19(24(28)27(21)34-4)26(30)25-20-15-23(33-3)22(32-2)14-18(20)12-13-29(25)16-17-8-6-5-7-9-17/h5-11,14-15,25-26,30H,12-13,16H2,1-4H3/t25-,26-/m1/s1. The molecule has 1 aliphatic heterocycles. The van der Waals surface area contributed by atoms with Gasteiger partial charge in [0.05, 0.1) is 45.1 Å². The monoisotopic (exact) mass is 527 g/mol. The number of ether oxygens (including phenoxy) is 4. The van der Waals surface area contributed by atoms with E-state index in [0.29, 0.717) is 34.0 Å². The van der Waals surface area contributed by atoms with Crippen LogP contribution in [0.15, 0.2) is 59.1 Å². The van der Waals surface area contributed by atoms with Gasteiger partial charge in [0.1, 0.15) is 0 Å². The third-order valence-electron chi connectivity index (χ3n) is 6.39. The second-order valence-electron chi connectivity index (χ2n) is 8.21. The Morgan fingerprint density at radius 3 is 2.24 bits per heavy atom. The summed E-state index contributed by atoms with van der Waals surface area (Å²) in [6.07, 6.45) is 0.00815. The quantitative estimate of drug-likeness (QED) is 0.428. The highest BCUT2D eigenvalue weighted by Gasteiger charge is 2.36. The number of hydrogen-bond acceptors (Lipinski definition) is 6. The first-order valence-electron chi connectivity index (χ1n) is 11.1. The number of fused-ring (bicyclic) bond motifs is 1. The summed E-state index contributed by atoms with van der Waals surface area (Å²) in [5.74, 6) is 2.49. The summed E-state index contributed by atoms with van der Waals surface area (Å²) in [4.78, 5) is 2.32. The lowest BCUT2D eigenvalue weighted by Gasteiger charge is -2.40. The fraction of sp³-hybridized carbons (Fsp3) is 0.333. The Labute approximate surface area is 209 Å². The molecular formula is C27H30BrNO5. The molecule has 0 fully saturated rings. The highest BCUT2D eigenvalue weighted by molar-refractivity contribution is 9.10. The third kappa shape index (κ3) is 4.60. The molecule has 0 unspecified atom stereocenters. The van der Waals surface area contributed by atoms with Gasteiger partial charge in [0.15, 0.2) is 23.0 Å². The molecule has 1 aliphatic rings. The van der Waals surface area contributed by atoms with Gasteiger partial charge in [-0.3, -0.25) is 4.90 Å². The average Bonchev–Trinajstić information content (AvgIpc) is 2.87. The summed E-state index contributed by atoms with van der Waals surface area (Å²) in [6.45, 7) is 1.51. The Kier molecular flexibility index (Phi) is 7.66. The van der Waals surface area contributed by atoms with Crippen LogP contribution in [-0.4, -0.2) is 45.0 Å². The normalized spacial score (nSPS) is 16.5. The number of nitrogens with zero attached hydrogens (tertiary/aromatic N) is 1. The van der Waals surface area contributed by atoms with Crippen LogP contribution in [-0.2, 0) is 13.0 Å². The molecule has 3 aromatic carbocycles. The summed E-state index contributed by atoms with van der Waals surface area (Å²) < 4.78 is 22.8. The van der Waals surface area contributed by atoms with Crippen molar-refractivity contribution in [3.63, 3.8) is 0 Å². The van der Waals surface area contributed by atoms with Gasteiger partial charge in [-0.25, -0.2) is 0 Å². The molecule has 7 heteroatoms. The van der Waals surface area contributed by atoms with Gasteiger partial charge in [-0.1, -0.05) is 36.4 Å². The molecular weight excluding hydrogens is 498 g/mol. The molecule has 0 saturated heterocycles. The molecule has 0 aliphatic carbocycles. The lowest BCUT2D eigenvalue weighted by Crippen LogP contribution is -2.38. The van der Waals surface area contributed by atoms with Gasteiger partial charge >= 0.3 is 0 Å². The molecule has 0 spiro atoms. The van der Waals surface area contributed by atoms with Crippen molar-refractivity contribution in [2.24, 2.45) is 0 Å². The average molecular weight is 528 g/mol. The van der Waals surface area contributed by atoms with Crippen LogP contribution in [0.3, 0.4) is 0 Å². The van der Waals surface area contributed by atoms with E-state index in [1.807, 2.05) is 42.5 Å². The van der Waals surface area contributed by atoms with Gasteiger partial charge in [-0.05, 0) is 57.2 Å². The zero-order valence-electron chi connectivity index (χ0n) is 19.9. The van der Waals surface area contributed by atoms with Gasteiger partial charge < -0.3 is 24.1 Å². The van der Waals surface area contributed by atoms with Gasteiger partial charge in [0.25, 0.3) is 0 Å². The summed E-state index contributed by atoms with van der Waals surface area (Å²) >= 11 is 3.65. The summed E-state index contributed by atoms with van der Waals surface area (Å²) in [5, 5.41) is 11.9. The molecule has 3 aromatic rings. The number of aliphatic hydroxyl groups is 1. The predicted octanol–water partition coefficient (Wildman–Crippen LogP) is 5.32. The number of hydrogen-bond donors (Lipinski definition) is 1. The molecule has 4 rings (SSSR count). The van der Waals surface area contributed by atoms with E-state index in [0.717, 1.165) is 29.7 Å². The van der Waals surface area contributed by atoms with Crippen molar-refractivity contribution in [1.29, 1.82) is 0 Å². The number of benzene rings is 3. The van der Waals surface area contributed by atoms with Crippen molar-refractivity contribution >= 4 is 15.9 Å². The maximum absolute atomic E-state index is 11.9. The molecule has 6 nitrogen and oxygen atoms in total. The fourth-order valence-corrected chi connectivity index (χ4v) is 5.42. The zero-order chi connectivity index (χ0) is 24.2. The van der Waals surface area contributed by atoms with E-state index >= 15 is 0 Å². The predicted molar refractivity (Wildman–Crippen MR) is 135 cm³/mol. The second kappa shape index (κ2) is 10.7. The zero-order valence-corrected chi connectivity index (χ0v) is 21.5. The first kappa shape index (κ1) is 24.4. The third-order valence-corrected chi connectivity index (χ3v) is 7.20. The molecule has 2 atom stereocenters. The largest absolute Gasteiger partial charge is 0.493 e. The molecule has 0 radical (unpaired) electrons. The molecule has 34 heavy (non-hydrogen) atoms. The van der Waals surface area contributed by atoms with E-state index < -0.39 is 6.10 Å². The van der Waals surface area contributed by atoms with Crippen LogP contribution in [0, 0.1) is 0 Å². The van der Waals surface area contributed by atoms with E-state index in [2.05, 4.69) is 33.0 Å². The summed E-state index contributed by atoms with van der Waals surface area (Å²) in [5.41, 5.74) is 4.08. The SMILES string of the molecule is COc1cc2c(cc1OC)[C@H]([C@H](O)c1ccc(OC)c(OC)c1Br)N(Cc1ccccc1)CC2. The van der Waals surface area contributed by atoms with Crippen molar-refractivity contribution in [1.82, 2.24) is 4.90 Å². The summed E-state index contributed by atoms with van der Waals surface area (Å²) in [7, 11) is 6.46. The molecule has 1 N–H and O–H groups in total. The molecule has 1 heterocycles. The number of halogens is 1. The van der Waals surface area contributed by atoms with E-state index in [9.17, 15) is 5.11 Å². The molecule has 0 saturated carbocycles. The Morgan fingerprint density at radius 1 is 0.912 bits per heavy atom. The first-order valence-corrected chi connectivity index (χ1v) is 11.9. The van der Waals surface area contributed by atoms with Crippen LogP contribution in [0.2, 0.25) is 0 Å². The first-order chi connectivity index (χ1) is 16.5. The Hall–Kier alpha value is -2.74. The Balaban J connectivity index is 1.83. The number of rotatable bonds is 8. The maximum atomic E-state index is 11.9. The van der Waals surface area contributed by atoms with E-state index in [1.54, 1.807) is 28.4 Å². The van der Waals surface area contributed by atoms with Crippen molar-refractivity contribution in [2.45, 2.75) is 25.1 Å². The van der Waals surface area contributed by atoms with Crippen LogP contribution in [0.1, 0.15) is 34.4 Å². The molecule has 0 bridgehead atoms. The van der Waals surface area contributed by atoms with Crippen LogP contribution in [0.25, 0.3) is 0 Å². The van der Waals surface area contributed by atoms with Gasteiger partial charge in [0.2, 0.25) is 0 Å². The number of methoxy groups -OCH3 is 4. The van der Waals surface area contributed by atoms with Crippen molar-refractivity contribution < 1.29 is 24.1 Å². The topological polar surface area (TPSA) is 60.4 Å². The number of aliphatic hydroxyl groups excluding tert-OH is 1. The Morgan fingerprint density at radius 2 is 1.59 bits per heavy atom. The van der Waals surface area contributed by atoms with Gasteiger partial charge in [-0.2, -0.15) is 0 Å². The van der Waals surface area contributed by atoms with E-state index in [4.69, 9.17) is 18.9 Å². The minimum Gasteiger partial charge on any atom is -0.493 e. The van der Waals surface area contributed by atoms with Crippen LogP contribution < -0.4 is 18.9 Å². The highest BCUT2D eigenvalue weighted by Crippen LogP contribution is 2.47. The maximum Gasteiger partial charge on any atom is 0.175 e. The molecule has 180 valence electrons. The van der Waals surface area contributed by atoms with Crippen molar-refractivity contribution in [3.8, 4) is 23.0 Å². The summed E-state index contributed by atoms with van der Waals surface area (Å²) in [6, 6.07) is 17.7. The van der Waals surface area contributed by atoms with Crippen molar-refractivity contribution in [3.05, 3.63) is 81.3 Å².